The fraction of sp³-hybridized carbons (Fsp3) is 0.429. The van der Waals surface area contributed by atoms with Crippen LogP contribution in [0.1, 0.15) is 33.6 Å². The van der Waals surface area contributed by atoms with E-state index in [9.17, 15) is 14.0 Å². The van der Waals surface area contributed by atoms with Gasteiger partial charge in [-0.2, -0.15) is 0 Å². The van der Waals surface area contributed by atoms with Crippen molar-refractivity contribution in [3.63, 3.8) is 0 Å². The van der Waals surface area contributed by atoms with Gasteiger partial charge in [0.2, 0.25) is 0 Å². The van der Waals surface area contributed by atoms with E-state index in [0.717, 1.165) is 20.3 Å². The SMILES string of the molecule is COC(=O)c1cc(OC2CC(N)C2)cc(F)c1C(=O)OC. The van der Waals surface area contributed by atoms with Gasteiger partial charge in [0.25, 0.3) is 0 Å². The third-order valence-electron chi connectivity index (χ3n) is 3.29. The van der Waals surface area contributed by atoms with E-state index in [4.69, 9.17) is 10.5 Å². The summed E-state index contributed by atoms with van der Waals surface area (Å²) in [6.45, 7) is 0. The van der Waals surface area contributed by atoms with Crippen molar-refractivity contribution in [3.8, 4) is 5.75 Å². The van der Waals surface area contributed by atoms with Gasteiger partial charge >= 0.3 is 11.9 Å². The Morgan fingerprint density at radius 2 is 1.81 bits per heavy atom. The van der Waals surface area contributed by atoms with E-state index in [-0.39, 0.29) is 23.5 Å². The van der Waals surface area contributed by atoms with Gasteiger partial charge in [0.15, 0.2) is 0 Å². The van der Waals surface area contributed by atoms with Gasteiger partial charge in [-0.05, 0) is 18.9 Å². The molecule has 1 fully saturated rings. The van der Waals surface area contributed by atoms with Gasteiger partial charge in [0.05, 0.1) is 19.8 Å². The molecule has 2 rings (SSSR count). The van der Waals surface area contributed by atoms with Crippen LogP contribution in [0.4, 0.5) is 4.39 Å². The van der Waals surface area contributed by atoms with Crippen molar-refractivity contribution < 1.29 is 28.2 Å². The predicted octanol–water partition coefficient (Wildman–Crippen LogP) is 1.27. The van der Waals surface area contributed by atoms with Crippen LogP contribution in [0.3, 0.4) is 0 Å². The first-order chi connectivity index (χ1) is 9.96. The van der Waals surface area contributed by atoms with Crippen LogP contribution in [0.15, 0.2) is 12.1 Å². The number of carbonyl (C=O) groups is 2. The highest BCUT2D eigenvalue weighted by molar-refractivity contribution is 6.03. The molecule has 0 unspecified atom stereocenters. The molecule has 0 spiro atoms. The van der Waals surface area contributed by atoms with E-state index in [1.54, 1.807) is 0 Å². The van der Waals surface area contributed by atoms with Crippen molar-refractivity contribution >= 4 is 11.9 Å². The minimum absolute atomic E-state index is 0.0780. The minimum Gasteiger partial charge on any atom is -0.490 e. The summed E-state index contributed by atoms with van der Waals surface area (Å²) >= 11 is 0. The van der Waals surface area contributed by atoms with E-state index in [1.165, 1.54) is 6.07 Å². The molecule has 114 valence electrons. The molecule has 2 N–H and O–H groups in total. The monoisotopic (exact) mass is 297 g/mol. The van der Waals surface area contributed by atoms with Crippen molar-refractivity contribution in [1.82, 2.24) is 0 Å². The van der Waals surface area contributed by atoms with Crippen LogP contribution in [0.25, 0.3) is 0 Å². The summed E-state index contributed by atoms with van der Waals surface area (Å²) < 4.78 is 28.6. The van der Waals surface area contributed by atoms with E-state index < -0.39 is 23.3 Å². The molecule has 7 heteroatoms. The number of carbonyl (C=O) groups excluding carboxylic acids is 2. The van der Waals surface area contributed by atoms with Crippen molar-refractivity contribution in [2.24, 2.45) is 5.73 Å². The zero-order valence-electron chi connectivity index (χ0n) is 11.7. The van der Waals surface area contributed by atoms with E-state index in [1.807, 2.05) is 0 Å². The number of methoxy groups -OCH3 is 2. The lowest BCUT2D eigenvalue weighted by Crippen LogP contribution is -2.43. The Hall–Kier alpha value is -2.15. The first-order valence-corrected chi connectivity index (χ1v) is 6.38. The summed E-state index contributed by atoms with van der Waals surface area (Å²) in [6.07, 6.45) is 1.20. The number of rotatable bonds is 4. The van der Waals surface area contributed by atoms with E-state index in [0.29, 0.717) is 12.8 Å². The van der Waals surface area contributed by atoms with Crippen molar-refractivity contribution in [2.75, 3.05) is 14.2 Å². The zero-order valence-corrected chi connectivity index (χ0v) is 11.7. The molecular weight excluding hydrogens is 281 g/mol. The molecule has 0 amide bonds. The summed E-state index contributed by atoms with van der Waals surface area (Å²) in [6, 6.07) is 2.39. The first kappa shape index (κ1) is 15.2. The fourth-order valence-corrected chi connectivity index (χ4v) is 2.13. The molecule has 1 saturated carbocycles. The third-order valence-corrected chi connectivity index (χ3v) is 3.29. The maximum atomic E-state index is 14.1. The second kappa shape index (κ2) is 6.09. The average molecular weight is 297 g/mol. The molecule has 0 aliphatic heterocycles. The maximum absolute atomic E-state index is 14.1. The summed E-state index contributed by atoms with van der Waals surface area (Å²) in [5.74, 6) is -2.55. The molecule has 0 bridgehead atoms. The number of hydrogen-bond acceptors (Lipinski definition) is 6. The Morgan fingerprint density at radius 1 is 1.19 bits per heavy atom. The van der Waals surface area contributed by atoms with Crippen LogP contribution in [0.5, 0.6) is 5.75 Å². The molecule has 1 aromatic rings. The Morgan fingerprint density at radius 3 is 2.33 bits per heavy atom. The molecular formula is C14H16FNO5. The third kappa shape index (κ3) is 3.13. The molecule has 0 atom stereocenters. The summed E-state index contributed by atoms with van der Waals surface area (Å²) in [7, 11) is 2.24. The summed E-state index contributed by atoms with van der Waals surface area (Å²) in [4.78, 5) is 23.3. The second-order valence-electron chi connectivity index (χ2n) is 4.78. The zero-order chi connectivity index (χ0) is 15.6. The van der Waals surface area contributed by atoms with Crippen LogP contribution >= 0.6 is 0 Å². The molecule has 1 aliphatic carbocycles. The number of halogens is 1. The Kier molecular flexibility index (Phi) is 4.42. The van der Waals surface area contributed by atoms with Crippen molar-refractivity contribution in [1.29, 1.82) is 0 Å². The molecule has 21 heavy (non-hydrogen) atoms. The first-order valence-electron chi connectivity index (χ1n) is 6.38. The number of hydrogen-bond donors (Lipinski definition) is 1. The Bertz CT molecular complexity index is 569. The number of nitrogens with two attached hydrogens (primary N) is 1. The predicted molar refractivity (Wildman–Crippen MR) is 70.7 cm³/mol. The highest BCUT2D eigenvalue weighted by Crippen LogP contribution is 2.28. The second-order valence-corrected chi connectivity index (χ2v) is 4.78. The largest absolute Gasteiger partial charge is 0.490 e. The van der Waals surface area contributed by atoms with Crippen molar-refractivity contribution in [2.45, 2.75) is 25.0 Å². The normalized spacial score (nSPS) is 20.4. The smallest absolute Gasteiger partial charge is 0.341 e. The topological polar surface area (TPSA) is 87.9 Å². The van der Waals surface area contributed by atoms with Crippen LogP contribution in [0.2, 0.25) is 0 Å². The molecule has 1 aromatic carbocycles. The lowest BCUT2D eigenvalue weighted by Gasteiger charge is -2.32. The molecule has 1 aliphatic rings. The lowest BCUT2D eigenvalue weighted by atomic mass is 9.90. The standard InChI is InChI=1S/C14H16FNO5/c1-19-13(17)10-5-9(21-8-3-7(16)4-8)6-11(15)12(10)14(18)20-2/h5-8H,3-4,16H2,1-2H3. The molecule has 0 radical (unpaired) electrons. The maximum Gasteiger partial charge on any atom is 0.341 e. The van der Waals surface area contributed by atoms with Crippen molar-refractivity contribution in [3.05, 3.63) is 29.1 Å². The highest BCUT2D eigenvalue weighted by Gasteiger charge is 2.29. The summed E-state index contributed by atoms with van der Waals surface area (Å²) in [5.41, 5.74) is 4.94. The Balaban J connectivity index is 2.35. The molecule has 0 heterocycles. The van der Waals surface area contributed by atoms with Gasteiger partial charge in [0, 0.05) is 12.1 Å². The van der Waals surface area contributed by atoms with Gasteiger partial charge in [0.1, 0.15) is 23.2 Å². The Labute approximate surface area is 121 Å². The summed E-state index contributed by atoms with van der Waals surface area (Å²) in [5, 5.41) is 0. The van der Waals surface area contributed by atoms with Gasteiger partial charge in [-0.3, -0.25) is 0 Å². The van der Waals surface area contributed by atoms with Gasteiger partial charge in [-0.1, -0.05) is 0 Å². The fourth-order valence-electron chi connectivity index (χ4n) is 2.13. The van der Waals surface area contributed by atoms with Crippen LogP contribution in [0, 0.1) is 5.82 Å². The average Bonchev–Trinajstić information content (AvgIpc) is 2.43. The minimum atomic E-state index is -0.954. The molecule has 0 aromatic heterocycles. The number of ether oxygens (including phenoxy) is 3. The lowest BCUT2D eigenvalue weighted by molar-refractivity contribution is 0.0548. The highest BCUT2D eigenvalue weighted by atomic mass is 19.1. The molecule has 6 nitrogen and oxygen atoms in total. The van der Waals surface area contributed by atoms with Gasteiger partial charge in [-0.15, -0.1) is 0 Å². The van der Waals surface area contributed by atoms with Crippen LogP contribution in [-0.4, -0.2) is 38.3 Å². The van der Waals surface area contributed by atoms with Crippen LogP contribution < -0.4 is 10.5 Å². The van der Waals surface area contributed by atoms with E-state index in [2.05, 4.69) is 9.47 Å². The van der Waals surface area contributed by atoms with Gasteiger partial charge < -0.3 is 19.9 Å². The number of benzene rings is 1. The quantitative estimate of drug-likeness (QED) is 0.842. The van der Waals surface area contributed by atoms with Gasteiger partial charge in [-0.25, -0.2) is 14.0 Å². The number of esters is 2. The van der Waals surface area contributed by atoms with Crippen LogP contribution in [-0.2, 0) is 9.47 Å². The molecule has 0 saturated heterocycles. The van der Waals surface area contributed by atoms with E-state index >= 15 is 0 Å².